The van der Waals surface area contributed by atoms with Gasteiger partial charge in [0.15, 0.2) is 0 Å². The first kappa shape index (κ1) is 13.3. The molecule has 1 amide bonds. The number of carbonyl (C=O) groups excluding carboxylic acids is 1. The van der Waals surface area contributed by atoms with Gasteiger partial charge in [0.05, 0.1) is 18.8 Å². The van der Waals surface area contributed by atoms with Crippen LogP contribution in [0.15, 0.2) is 30.3 Å². The van der Waals surface area contributed by atoms with Gasteiger partial charge in [0, 0.05) is 11.6 Å². The Kier molecular flexibility index (Phi) is 3.97. The molecular weight excluding hydrogens is 242 g/mol. The molecule has 1 aromatic carbocycles. The molecule has 0 unspecified atom stereocenters. The Morgan fingerprint density at radius 1 is 1.32 bits per heavy atom. The SMILES string of the molecule is Cc1ccc(C(=O)Nc2cc(C)nn2CCO)cc1. The van der Waals surface area contributed by atoms with Gasteiger partial charge in [0.25, 0.3) is 5.91 Å². The zero-order valence-electron chi connectivity index (χ0n) is 11.1. The number of aryl methyl sites for hydroxylation is 2. The van der Waals surface area contributed by atoms with E-state index in [0.29, 0.717) is 17.9 Å². The van der Waals surface area contributed by atoms with Gasteiger partial charge in [-0.15, -0.1) is 0 Å². The van der Waals surface area contributed by atoms with Gasteiger partial charge in [-0.25, -0.2) is 4.68 Å². The monoisotopic (exact) mass is 259 g/mol. The minimum absolute atomic E-state index is 0.0193. The second kappa shape index (κ2) is 5.67. The maximum atomic E-state index is 12.1. The van der Waals surface area contributed by atoms with E-state index < -0.39 is 0 Å². The molecule has 0 saturated heterocycles. The van der Waals surface area contributed by atoms with Crippen molar-refractivity contribution in [3.05, 3.63) is 47.2 Å². The molecule has 0 atom stereocenters. The number of nitrogens with one attached hydrogen (secondary N) is 1. The molecule has 0 aliphatic heterocycles. The van der Waals surface area contributed by atoms with Crippen LogP contribution in [0.5, 0.6) is 0 Å². The Labute approximate surface area is 111 Å². The molecule has 0 radical (unpaired) electrons. The van der Waals surface area contributed by atoms with Crippen molar-refractivity contribution >= 4 is 11.7 Å². The van der Waals surface area contributed by atoms with E-state index in [2.05, 4.69) is 10.4 Å². The highest BCUT2D eigenvalue weighted by Crippen LogP contribution is 2.12. The minimum atomic E-state index is -0.181. The number of aliphatic hydroxyl groups excluding tert-OH is 1. The van der Waals surface area contributed by atoms with Crippen molar-refractivity contribution in [2.45, 2.75) is 20.4 Å². The average Bonchev–Trinajstić information content (AvgIpc) is 2.71. The van der Waals surface area contributed by atoms with Crippen molar-refractivity contribution < 1.29 is 9.90 Å². The summed E-state index contributed by atoms with van der Waals surface area (Å²) in [4.78, 5) is 12.1. The molecule has 1 heterocycles. The van der Waals surface area contributed by atoms with Crippen LogP contribution < -0.4 is 5.32 Å². The van der Waals surface area contributed by atoms with Gasteiger partial charge in [-0.1, -0.05) is 17.7 Å². The summed E-state index contributed by atoms with van der Waals surface area (Å²) >= 11 is 0. The largest absolute Gasteiger partial charge is 0.394 e. The second-order valence-corrected chi connectivity index (χ2v) is 4.44. The number of hydrogen-bond donors (Lipinski definition) is 2. The molecule has 2 aromatic rings. The zero-order valence-corrected chi connectivity index (χ0v) is 11.1. The van der Waals surface area contributed by atoms with Gasteiger partial charge in [-0.05, 0) is 26.0 Å². The Bertz CT molecular complexity index is 573. The molecular formula is C14H17N3O2. The first-order valence-electron chi connectivity index (χ1n) is 6.13. The zero-order chi connectivity index (χ0) is 13.8. The standard InChI is InChI=1S/C14H17N3O2/c1-10-3-5-12(6-4-10)14(19)15-13-9-11(2)16-17(13)7-8-18/h3-6,9,18H,7-8H2,1-2H3,(H,15,19). The number of amides is 1. The number of hydrogen-bond acceptors (Lipinski definition) is 3. The van der Waals surface area contributed by atoms with E-state index >= 15 is 0 Å². The first-order valence-corrected chi connectivity index (χ1v) is 6.13. The smallest absolute Gasteiger partial charge is 0.256 e. The van der Waals surface area contributed by atoms with Gasteiger partial charge in [-0.2, -0.15) is 5.10 Å². The fourth-order valence-electron chi connectivity index (χ4n) is 1.80. The molecule has 0 aliphatic rings. The third-order valence-corrected chi connectivity index (χ3v) is 2.77. The topological polar surface area (TPSA) is 67.2 Å². The molecule has 5 heteroatoms. The molecule has 0 bridgehead atoms. The summed E-state index contributed by atoms with van der Waals surface area (Å²) in [5.41, 5.74) is 2.50. The lowest BCUT2D eigenvalue weighted by atomic mass is 10.1. The summed E-state index contributed by atoms with van der Waals surface area (Å²) in [6.45, 7) is 4.16. The second-order valence-electron chi connectivity index (χ2n) is 4.44. The van der Waals surface area contributed by atoms with E-state index in [1.165, 1.54) is 0 Å². The summed E-state index contributed by atoms with van der Waals surface area (Å²) in [6, 6.07) is 9.13. The predicted octanol–water partition coefficient (Wildman–Crippen LogP) is 1.74. The van der Waals surface area contributed by atoms with Crippen LogP contribution in [-0.2, 0) is 6.54 Å². The Hall–Kier alpha value is -2.14. The van der Waals surface area contributed by atoms with Gasteiger partial charge in [-0.3, -0.25) is 4.79 Å². The summed E-state index contributed by atoms with van der Waals surface area (Å²) < 4.78 is 1.58. The van der Waals surface area contributed by atoms with Crippen LogP contribution in [-0.4, -0.2) is 27.4 Å². The van der Waals surface area contributed by atoms with Crippen LogP contribution >= 0.6 is 0 Å². The molecule has 0 fully saturated rings. The Balaban J connectivity index is 2.16. The number of carbonyl (C=O) groups is 1. The molecule has 0 aliphatic carbocycles. The molecule has 19 heavy (non-hydrogen) atoms. The molecule has 1 aromatic heterocycles. The maximum absolute atomic E-state index is 12.1. The molecule has 0 saturated carbocycles. The Morgan fingerprint density at radius 3 is 2.63 bits per heavy atom. The van der Waals surface area contributed by atoms with Crippen molar-refractivity contribution in [1.82, 2.24) is 9.78 Å². The Morgan fingerprint density at radius 2 is 2.00 bits per heavy atom. The number of benzene rings is 1. The fourth-order valence-corrected chi connectivity index (χ4v) is 1.80. The van der Waals surface area contributed by atoms with Crippen molar-refractivity contribution in [1.29, 1.82) is 0 Å². The molecule has 5 nitrogen and oxygen atoms in total. The van der Waals surface area contributed by atoms with Crippen molar-refractivity contribution in [3.63, 3.8) is 0 Å². The van der Waals surface area contributed by atoms with Gasteiger partial charge >= 0.3 is 0 Å². The number of nitrogens with zero attached hydrogens (tertiary/aromatic N) is 2. The van der Waals surface area contributed by atoms with Crippen LogP contribution in [0.1, 0.15) is 21.6 Å². The van der Waals surface area contributed by atoms with E-state index in [9.17, 15) is 4.79 Å². The number of aromatic nitrogens is 2. The summed E-state index contributed by atoms with van der Waals surface area (Å²) in [6.07, 6.45) is 0. The number of rotatable bonds is 4. The third kappa shape index (κ3) is 3.20. The normalized spacial score (nSPS) is 10.5. The summed E-state index contributed by atoms with van der Waals surface area (Å²) in [7, 11) is 0. The fraction of sp³-hybridized carbons (Fsp3) is 0.286. The number of anilines is 1. The van der Waals surface area contributed by atoms with Crippen molar-refractivity contribution in [2.75, 3.05) is 11.9 Å². The number of aliphatic hydroxyl groups is 1. The highest BCUT2D eigenvalue weighted by atomic mass is 16.3. The summed E-state index contributed by atoms with van der Waals surface area (Å²) in [5.74, 6) is 0.413. The first-order chi connectivity index (χ1) is 9.10. The quantitative estimate of drug-likeness (QED) is 0.879. The van der Waals surface area contributed by atoms with Crippen molar-refractivity contribution in [3.8, 4) is 0 Å². The lowest BCUT2D eigenvalue weighted by Crippen LogP contribution is -2.16. The van der Waals surface area contributed by atoms with Gasteiger partial charge < -0.3 is 10.4 Å². The predicted molar refractivity (Wildman–Crippen MR) is 73.2 cm³/mol. The summed E-state index contributed by atoms with van der Waals surface area (Å²) in [5, 5.41) is 16.0. The van der Waals surface area contributed by atoms with E-state index in [1.807, 2.05) is 26.0 Å². The molecule has 100 valence electrons. The minimum Gasteiger partial charge on any atom is -0.394 e. The third-order valence-electron chi connectivity index (χ3n) is 2.77. The highest BCUT2D eigenvalue weighted by Gasteiger charge is 2.10. The lowest BCUT2D eigenvalue weighted by Gasteiger charge is -2.07. The van der Waals surface area contributed by atoms with Crippen LogP contribution in [0.2, 0.25) is 0 Å². The van der Waals surface area contributed by atoms with E-state index in [-0.39, 0.29) is 12.5 Å². The van der Waals surface area contributed by atoms with Gasteiger partial charge in [0.1, 0.15) is 5.82 Å². The lowest BCUT2D eigenvalue weighted by molar-refractivity contribution is 0.102. The molecule has 0 spiro atoms. The maximum Gasteiger partial charge on any atom is 0.256 e. The van der Waals surface area contributed by atoms with Crippen LogP contribution in [0.3, 0.4) is 0 Å². The van der Waals surface area contributed by atoms with Crippen LogP contribution in [0.4, 0.5) is 5.82 Å². The molecule has 2 N–H and O–H groups in total. The van der Waals surface area contributed by atoms with E-state index in [1.54, 1.807) is 22.9 Å². The van der Waals surface area contributed by atoms with Crippen LogP contribution in [0, 0.1) is 13.8 Å². The molecule has 2 rings (SSSR count). The van der Waals surface area contributed by atoms with Crippen molar-refractivity contribution in [2.24, 2.45) is 0 Å². The van der Waals surface area contributed by atoms with E-state index in [0.717, 1.165) is 11.3 Å². The highest BCUT2D eigenvalue weighted by molar-refractivity contribution is 6.03. The average molecular weight is 259 g/mol. The van der Waals surface area contributed by atoms with E-state index in [4.69, 9.17) is 5.11 Å². The van der Waals surface area contributed by atoms with Gasteiger partial charge in [0.2, 0.25) is 0 Å². The van der Waals surface area contributed by atoms with Crippen LogP contribution in [0.25, 0.3) is 0 Å².